The number of benzene rings is 1. The molecule has 28 heavy (non-hydrogen) atoms. The number of carbonyl (C=O) groups excluding carboxylic acids is 2. The number of ketones is 1. The van der Waals surface area contributed by atoms with E-state index >= 15 is 0 Å². The van der Waals surface area contributed by atoms with Crippen molar-refractivity contribution in [2.75, 3.05) is 0 Å². The van der Waals surface area contributed by atoms with Crippen molar-refractivity contribution in [3.63, 3.8) is 0 Å². The first-order valence-electron chi connectivity index (χ1n) is 7.89. The van der Waals surface area contributed by atoms with Crippen LogP contribution in [0.3, 0.4) is 0 Å². The van der Waals surface area contributed by atoms with E-state index < -0.39 is 5.60 Å². The summed E-state index contributed by atoms with van der Waals surface area (Å²) in [6.45, 7) is 18.9. The normalized spacial score (nSPS) is 10.3. The Balaban J connectivity index is -0.000000374. The molecule has 0 aromatic heterocycles. The van der Waals surface area contributed by atoms with Crippen LogP contribution in [-0.4, -0.2) is 17.9 Å². The second kappa shape index (κ2) is 25.1. The Morgan fingerprint density at radius 1 is 1.11 bits per heavy atom. The van der Waals surface area contributed by atoms with E-state index in [0.717, 1.165) is 25.7 Å². The minimum Gasteiger partial charge on any atom is 0 e. The van der Waals surface area contributed by atoms with Crippen LogP contribution < -0.4 is 0 Å². The molecule has 3 radical (unpaired) electrons. The molecule has 0 amide bonds. The van der Waals surface area contributed by atoms with Gasteiger partial charge in [0.05, 0.1) is 5.60 Å². The van der Waals surface area contributed by atoms with Gasteiger partial charge in [0.1, 0.15) is 0 Å². The summed E-state index contributed by atoms with van der Waals surface area (Å²) >= 11 is 0. The molecule has 0 unspecified atom stereocenters. The van der Waals surface area contributed by atoms with Crippen molar-refractivity contribution in [1.29, 1.82) is 0 Å². The molecular formula is C21H22FeO6-. The number of hydrogen-bond acceptors (Lipinski definition) is 3. The molecule has 0 aliphatic heterocycles. The van der Waals surface area contributed by atoms with E-state index in [1.807, 2.05) is 25.1 Å². The minimum absolute atomic E-state index is 0. The third-order valence-electron chi connectivity index (χ3n) is 3.31. The maximum Gasteiger partial charge on any atom is 0 e. The van der Waals surface area contributed by atoms with Crippen molar-refractivity contribution in [2.24, 2.45) is 0 Å². The number of carbonyl (C=O) groups is 1. The van der Waals surface area contributed by atoms with Gasteiger partial charge in [-0.3, -0.25) is 4.79 Å². The molecule has 0 bridgehead atoms. The molecule has 0 heterocycles. The van der Waals surface area contributed by atoms with Crippen molar-refractivity contribution in [1.82, 2.24) is 0 Å². The van der Waals surface area contributed by atoms with Crippen LogP contribution in [0.25, 0.3) is 0 Å². The number of unbranched alkanes of at least 4 members (excludes halogenated alkanes) is 2. The predicted molar refractivity (Wildman–Crippen MR) is 94.8 cm³/mol. The summed E-state index contributed by atoms with van der Waals surface area (Å²) in [5.74, 6) is -0.0714. The summed E-state index contributed by atoms with van der Waals surface area (Å²) in [6, 6.07) is 9.05. The van der Waals surface area contributed by atoms with Gasteiger partial charge in [-0.1, -0.05) is 56.6 Å². The zero-order chi connectivity index (χ0) is 21.6. The molecule has 0 aliphatic rings. The van der Waals surface area contributed by atoms with Crippen LogP contribution in [0.5, 0.6) is 0 Å². The summed E-state index contributed by atoms with van der Waals surface area (Å²) in [4.78, 5) is 22.4. The van der Waals surface area contributed by atoms with Crippen molar-refractivity contribution >= 4 is 12.3 Å². The Morgan fingerprint density at radius 2 is 1.64 bits per heavy atom. The molecule has 6 nitrogen and oxygen atoms in total. The molecule has 7 heteroatoms. The van der Waals surface area contributed by atoms with Crippen LogP contribution in [0.1, 0.15) is 49.9 Å². The summed E-state index contributed by atoms with van der Waals surface area (Å²) in [7, 11) is 0. The summed E-state index contributed by atoms with van der Waals surface area (Å²) in [5, 5.41) is 0. The minimum atomic E-state index is -0.704. The quantitative estimate of drug-likeness (QED) is 0.177. The molecule has 1 aromatic carbocycles. The van der Waals surface area contributed by atoms with Crippen molar-refractivity contribution in [2.45, 2.75) is 45.1 Å². The molecule has 0 spiro atoms. The second-order valence-corrected chi connectivity index (χ2v) is 5.21. The molecule has 1 aromatic rings. The second-order valence-electron chi connectivity index (χ2n) is 5.21. The van der Waals surface area contributed by atoms with Crippen LogP contribution in [0.4, 0.5) is 0 Å². The fraction of sp³-hybridized carbons (Fsp3) is 0.333. The summed E-state index contributed by atoms with van der Waals surface area (Å²) in [6.07, 6.45) is 8.75. The van der Waals surface area contributed by atoms with Gasteiger partial charge in [0.2, 0.25) is 0 Å². The maximum atomic E-state index is 11.9. The van der Waals surface area contributed by atoms with Gasteiger partial charge in [0, 0.05) is 35.5 Å². The molecule has 1 atom stereocenters. The van der Waals surface area contributed by atoms with Gasteiger partial charge >= 0.3 is 33.9 Å². The molecule has 0 N–H and O–H groups in total. The number of ether oxygens (including phenoxy) is 1. The Bertz CT molecular complexity index is 539. The zero-order valence-electron chi connectivity index (χ0n) is 15.8. The number of rotatable bonds is 11. The Kier molecular flexibility index (Phi) is 30.2. The van der Waals surface area contributed by atoms with E-state index in [1.54, 1.807) is 25.0 Å². The smallest absolute Gasteiger partial charge is 0 e. The van der Waals surface area contributed by atoms with Crippen LogP contribution in [0.2, 0.25) is 0 Å². The van der Waals surface area contributed by atoms with Crippen LogP contribution in [0.15, 0.2) is 30.3 Å². The van der Waals surface area contributed by atoms with Crippen molar-refractivity contribution in [3.05, 3.63) is 75.1 Å². The SMILES string of the molecule is CCCCC[C@](C)([CH][CH][CH]C(=O)c1ccccc1)O[C-]=O.[C-]#[O+].[C-]#[O+].[C-]#[O+].[Fe]. The van der Waals surface area contributed by atoms with Gasteiger partial charge in [-0.25, -0.2) is 0 Å². The molecule has 0 saturated heterocycles. The fourth-order valence-electron chi connectivity index (χ4n) is 2.03. The summed E-state index contributed by atoms with van der Waals surface area (Å²) in [5.41, 5.74) is -0.0672. The van der Waals surface area contributed by atoms with E-state index in [4.69, 9.17) is 18.7 Å². The van der Waals surface area contributed by atoms with E-state index in [-0.39, 0.29) is 22.9 Å². The van der Waals surface area contributed by atoms with Gasteiger partial charge < -0.3 is 9.53 Å². The predicted octanol–water partition coefficient (Wildman–Crippen LogP) is 3.79. The topological polar surface area (TPSA) is 103 Å². The average molecular weight is 426 g/mol. The molecular weight excluding hydrogens is 404 g/mol. The first-order valence-corrected chi connectivity index (χ1v) is 7.89. The molecule has 0 fully saturated rings. The van der Waals surface area contributed by atoms with E-state index in [0.29, 0.717) is 5.56 Å². The summed E-state index contributed by atoms with van der Waals surface area (Å²) < 4.78 is 27.5. The van der Waals surface area contributed by atoms with Crippen LogP contribution >= 0.6 is 0 Å². The van der Waals surface area contributed by atoms with E-state index in [9.17, 15) is 9.59 Å². The zero-order valence-corrected chi connectivity index (χ0v) is 16.9. The van der Waals surface area contributed by atoms with Gasteiger partial charge in [-0.05, 0) is 26.2 Å². The Labute approximate surface area is 178 Å². The monoisotopic (exact) mass is 426 g/mol. The van der Waals surface area contributed by atoms with Gasteiger partial charge in [0.25, 0.3) is 0 Å². The Hall–Kier alpha value is -1.90. The van der Waals surface area contributed by atoms with E-state index in [2.05, 4.69) is 26.9 Å². The standard InChI is InChI=1S/C18H22O3.3CO.Fe/c1-3-4-8-13-18(2,21-15-19)14-9-12-17(20)16-10-6-5-7-11-16;3*1-2;/h5-7,9-12,14H,3-4,8,13H2,1-2H3;;;;/q-1;;;;/t18-;;;;/m1..../s1. The first-order chi connectivity index (χ1) is 13.1. The van der Waals surface area contributed by atoms with Crippen LogP contribution in [-0.2, 0) is 40.6 Å². The van der Waals surface area contributed by atoms with Gasteiger partial charge in [0.15, 0.2) is 5.78 Å². The van der Waals surface area contributed by atoms with Crippen molar-refractivity contribution in [3.8, 4) is 0 Å². The van der Waals surface area contributed by atoms with Crippen LogP contribution in [0, 0.1) is 39.2 Å². The Morgan fingerprint density at radius 3 is 2.11 bits per heavy atom. The third kappa shape index (κ3) is 17.5. The molecule has 0 aliphatic carbocycles. The largest absolute Gasteiger partial charge is 0 e. The molecule has 151 valence electrons. The number of Topliss-reactive ketones (excluding diaryl/α,β-unsaturated/α-hetero) is 1. The molecule has 0 saturated carbocycles. The third-order valence-corrected chi connectivity index (χ3v) is 3.31. The van der Waals surface area contributed by atoms with Gasteiger partial charge in [-0.2, -0.15) is 0 Å². The maximum absolute atomic E-state index is 11.9. The van der Waals surface area contributed by atoms with Gasteiger partial charge in [-0.15, -0.1) is 0 Å². The van der Waals surface area contributed by atoms with Crippen molar-refractivity contribution < 1.29 is 45.4 Å². The average Bonchev–Trinajstić information content (AvgIpc) is 2.73. The van der Waals surface area contributed by atoms with E-state index in [1.165, 1.54) is 12.9 Å². The fourth-order valence-corrected chi connectivity index (χ4v) is 2.03. The first kappa shape index (κ1) is 33.7. The number of hydrogen-bond donors (Lipinski definition) is 0. The molecule has 1 rings (SSSR count).